The van der Waals surface area contributed by atoms with Gasteiger partial charge in [-0.25, -0.2) is 5.84 Å². The van der Waals surface area contributed by atoms with Crippen LogP contribution in [0.15, 0.2) is 0 Å². The molecule has 0 rings (SSSR count). The second-order valence-corrected chi connectivity index (χ2v) is 4.02. The molecule has 1 amide bonds. The molecular weight excluding hydrogens is 206 g/mol. The number of nitrogens with two attached hydrogens (primary N) is 1. The van der Waals surface area contributed by atoms with Crippen LogP contribution >= 0.6 is 0 Å². The molecule has 0 radical (unpaired) electrons. The first kappa shape index (κ1) is 15.3. The second kappa shape index (κ2) is 8.50. The van der Waals surface area contributed by atoms with Crippen LogP contribution in [0.5, 0.6) is 0 Å². The molecule has 96 valence electrons. The summed E-state index contributed by atoms with van der Waals surface area (Å²) in [5, 5.41) is 0. The Hall–Kier alpha value is -0.650. The van der Waals surface area contributed by atoms with Gasteiger partial charge in [0.2, 0.25) is 0 Å². The minimum Gasteiger partial charge on any atom is -0.380 e. The van der Waals surface area contributed by atoms with Gasteiger partial charge in [-0.15, -0.1) is 0 Å². The molecule has 16 heavy (non-hydrogen) atoms. The highest BCUT2D eigenvalue weighted by Crippen LogP contribution is 2.10. The van der Waals surface area contributed by atoms with E-state index in [1.54, 1.807) is 0 Å². The molecule has 0 aliphatic heterocycles. The Labute approximate surface area is 98.3 Å². The molecule has 1 unspecified atom stereocenters. The predicted molar refractivity (Wildman–Crippen MR) is 64.7 cm³/mol. The third kappa shape index (κ3) is 4.92. The number of rotatable bonds is 8. The zero-order chi connectivity index (χ0) is 12.6. The van der Waals surface area contributed by atoms with Crippen molar-refractivity contribution in [2.45, 2.75) is 33.7 Å². The molecule has 3 N–H and O–H groups in total. The molecule has 0 aromatic heterocycles. The fourth-order valence-electron chi connectivity index (χ4n) is 1.80. The van der Waals surface area contributed by atoms with Crippen LogP contribution in [0.25, 0.3) is 0 Å². The molecular formula is C11H25N3O2. The topological polar surface area (TPSA) is 67.6 Å². The van der Waals surface area contributed by atoms with Crippen molar-refractivity contribution in [3.05, 3.63) is 0 Å². The SMILES string of the molecule is CCOCCN(CC)C(C(=O)NN)C(C)C. The molecule has 0 saturated heterocycles. The number of carbonyl (C=O) groups is 1. The second-order valence-electron chi connectivity index (χ2n) is 4.02. The lowest BCUT2D eigenvalue weighted by molar-refractivity contribution is -0.128. The lowest BCUT2D eigenvalue weighted by Crippen LogP contribution is -2.52. The van der Waals surface area contributed by atoms with E-state index in [0.29, 0.717) is 13.2 Å². The van der Waals surface area contributed by atoms with Crippen LogP contribution in [0.4, 0.5) is 0 Å². The molecule has 5 nitrogen and oxygen atoms in total. The third-order valence-corrected chi connectivity index (χ3v) is 2.57. The van der Waals surface area contributed by atoms with E-state index in [0.717, 1.165) is 13.1 Å². The van der Waals surface area contributed by atoms with Gasteiger partial charge in [0.1, 0.15) is 0 Å². The van der Waals surface area contributed by atoms with Gasteiger partial charge in [0.25, 0.3) is 5.91 Å². The number of amides is 1. The quantitative estimate of drug-likeness (QED) is 0.274. The molecule has 0 saturated carbocycles. The van der Waals surface area contributed by atoms with E-state index < -0.39 is 0 Å². The van der Waals surface area contributed by atoms with Crippen LogP contribution in [0.1, 0.15) is 27.7 Å². The summed E-state index contributed by atoms with van der Waals surface area (Å²) < 4.78 is 5.30. The van der Waals surface area contributed by atoms with E-state index in [9.17, 15) is 4.79 Å². The monoisotopic (exact) mass is 231 g/mol. The van der Waals surface area contributed by atoms with E-state index in [2.05, 4.69) is 10.3 Å². The van der Waals surface area contributed by atoms with Gasteiger partial charge in [-0.1, -0.05) is 20.8 Å². The number of hydrogen-bond donors (Lipinski definition) is 2. The first-order chi connectivity index (χ1) is 7.58. The molecule has 0 aromatic rings. The minimum absolute atomic E-state index is 0.131. The largest absolute Gasteiger partial charge is 0.380 e. The summed E-state index contributed by atoms with van der Waals surface area (Å²) in [5.41, 5.74) is 2.23. The molecule has 0 aliphatic rings. The number of nitrogens with one attached hydrogen (secondary N) is 1. The van der Waals surface area contributed by atoms with Crippen molar-refractivity contribution in [1.82, 2.24) is 10.3 Å². The van der Waals surface area contributed by atoms with Crippen molar-refractivity contribution in [2.75, 3.05) is 26.3 Å². The number of carbonyl (C=O) groups excluding carboxylic acids is 1. The molecule has 0 fully saturated rings. The predicted octanol–water partition coefficient (Wildman–Crippen LogP) is 0.359. The van der Waals surface area contributed by atoms with Gasteiger partial charge < -0.3 is 4.74 Å². The van der Waals surface area contributed by atoms with Crippen molar-refractivity contribution in [1.29, 1.82) is 0 Å². The van der Waals surface area contributed by atoms with Crippen molar-refractivity contribution in [2.24, 2.45) is 11.8 Å². The molecule has 0 bridgehead atoms. The highest BCUT2D eigenvalue weighted by molar-refractivity contribution is 5.81. The summed E-state index contributed by atoms with van der Waals surface area (Å²) in [6.07, 6.45) is 0. The lowest BCUT2D eigenvalue weighted by Gasteiger charge is -2.31. The summed E-state index contributed by atoms with van der Waals surface area (Å²) in [4.78, 5) is 13.8. The Morgan fingerprint density at radius 1 is 1.44 bits per heavy atom. The van der Waals surface area contributed by atoms with Crippen LogP contribution < -0.4 is 11.3 Å². The number of likely N-dealkylation sites (N-methyl/N-ethyl adjacent to an activating group) is 1. The van der Waals surface area contributed by atoms with E-state index in [-0.39, 0.29) is 17.9 Å². The summed E-state index contributed by atoms with van der Waals surface area (Å²) in [6.45, 7) is 10.9. The molecule has 0 aromatic carbocycles. The van der Waals surface area contributed by atoms with E-state index in [4.69, 9.17) is 10.6 Å². The van der Waals surface area contributed by atoms with E-state index in [1.165, 1.54) is 0 Å². The van der Waals surface area contributed by atoms with Gasteiger partial charge in [0.05, 0.1) is 12.6 Å². The number of hydrazine groups is 1. The Balaban J connectivity index is 4.40. The Bertz CT molecular complexity index is 198. The Morgan fingerprint density at radius 2 is 2.06 bits per heavy atom. The first-order valence-corrected chi connectivity index (χ1v) is 5.90. The van der Waals surface area contributed by atoms with Crippen LogP contribution in [-0.4, -0.2) is 43.2 Å². The third-order valence-electron chi connectivity index (χ3n) is 2.57. The van der Waals surface area contributed by atoms with Gasteiger partial charge in [0, 0.05) is 13.2 Å². The number of nitrogens with zero attached hydrogens (tertiary/aromatic N) is 1. The molecule has 5 heteroatoms. The minimum atomic E-state index is -0.185. The maximum atomic E-state index is 11.7. The van der Waals surface area contributed by atoms with Gasteiger partial charge in [-0.05, 0) is 19.4 Å². The van der Waals surface area contributed by atoms with Gasteiger partial charge in [-0.2, -0.15) is 0 Å². The van der Waals surface area contributed by atoms with Gasteiger partial charge in [0.15, 0.2) is 0 Å². The van der Waals surface area contributed by atoms with Gasteiger partial charge in [-0.3, -0.25) is 15.1 Å². The highest BCUT2D eigenvalue weighted by Gasteiger charge is 2.27. The summed E-state index contributed by atoms with van der Waals surface area (Å²) in [5.74, 6) is 5.30. The number of ether oxygens (including phenoxy) is 1. The lowest BCUT2D eigenvalue weighted by atomic mass is 10.0. The van der Waals surface area contributed by atoms with Crippen LogP contribution in [0.2, 0.25) is 0 Å². The fourth-order valence-corrected chi connectivity index (χ4v) is 1.80. The smallest absolute Gasteiger partial charge is 0.251 e. The zero-order valence-electron chi connectivity index (χ0n) is 10.8. The van der Waals surface area contributed by atoms with Crippen molar-refractivity contribution < 1.29 is 9.53 Å². The van der Waals surface area contributed by atoms with Crippen molar-refractivity contribution in [3.63, 3.8) is 0 Å². The van der Waals surface area contributed by atoms with Crippen LogP contribution in [0, 0.1) is 5.92 Å². The van der Waals surface area contributed by atoms with Crippen LogP contribution in [-0.2, 0) is 9.53 Å². The first-order valence-electron chi connectivity index (χ1n) is 5.90. The Kier molecular flexibility index (Phi) is 8.15. The molecule has 1 atom stereocenters. The summed E-state index contributed by atoms with van der Waals surface area (Å²) in [6, 6.07) is -0.185. The van der Waals surface area contributed by atoms with E-state index in [1.807, 2.05) is 27.7 Å². The Morgan fingerprint density at radius 3 is 2.44 bits per heavy atom. The molecule has 0 aliphatic carbocycles. The molecule has 0 spiro atoms. The highest BCUT2D eigenvalue weighted by atomic mass is 16.5. The summed E-state index contributed by atoms with van der Waals surface area (Å²) in [7, 11) is 0. The summed E-state index contributed by atoms with van der Waals surface area (Å²) >= 11 is 0. The van der Waals surface area contributed by atoms with Gasteiger partial charge >= 0.3 is 0 Å². The average Bonchev–Trinajstić information content (AvgIpc) is 2.26. The van der Waals surface area contributed by atoms with E-state index >= 15 is 0 Å². The molecule has 0 heterocycles. The maximum Gasteiger partial charge on any atom is 0.251 e. The van der Waals surface area contributed by atoms with Crippen molar-refractivity contribution >= 4 is 5.91 Å². The standard InChI is InChI=1S/C11H25N3O2/c1-5-14(7-8-16-6-2)10(9(3)4)11(15)13-12/h9-10H,5-8,12H2,1-4H3,(H,13,15). The number of hydrogen-bond acceptors (Lipinski definition) is 4. The maximum absolute atomic E-state index is 11.7. The van der Waals surface area contributed by atoms with Crippen LogP contribution in [0.3, 0.4) is 0 Å². The van der Waals surface area contributed by atoms with Crippen molar-refractivity contribution in [3.8, 4) is 0 Å². The zero-order valence-corrected chi connectivity index (χ0v) is 10.8. The normalized spacial score (nSPS) is 13.2. The fraction of sp³-hybridized carbons (Fsp3) is 0.909. The average molecular weight is 231 g/mol.